The maximum absolute atomic E-state index is 12.7. The largest absolute Gasteiger partial charge is 0.471 e. The molecule has 1 unspecified atom stereocenters. The zero-order valence-electron chi connectivity index (χ0n) is 11.2. The van der Waals surface area contributed by atoms with Gasteiger partial charge < -0.3 is 4.90 Å². The second kappa shape index (κ2) is 6.42. The van der Waals surface area contributed by atoms with E-state index in [1.807, 2.05) is 0 Å². The smallest absolute Gasteiger partial charge is 0.314 e. The van der Waals surface area contributed by atoms with Gasteiger partial charge in [0.1, 0.15) is 6.04 Å². The van der Waals surface area contributed by atoms with Gasteiger partial charge in [0.15, 0.2) is 0 Å². The monoisotopic (exact) mass is 284 g/mol. The highest BCUT2D eigenvalue weighted by atomic mass is 19.4. The van der Waals surface area contributed by atoms with Crippen molar-refractivity contribution in [2.75, 3.05) is 0 Å². The Kier molecular flexibility index (Phi) is 5.14. The van der Waals surface area contributed by atoms with Gasteiger partial charge in [-0.15, -0.1) is 0 Å². The van der Waals surface area contributed by atoms with E-state index in [0.717, 1.165) is 0 Å². The number of halogens is 3. The average molecular weight is 284 g/mol. The van der Waals surface area contributed by atoms with Crippen LogP contribution < -0.4 is 0 Å². The summed E-state index contributed by atoms with van der Waals surface area (Å²) in [6, 6.07) is 8.96. The molecule has 0 aliphatic rings. The molecule has 0 spiro atoms. The zero-order valence-corrected chi connectivity index (χ0v) is 11.2. The molecule has 0 fully saturated rings. The van der Waals surface area contributed by atoms with Gasteiger partial charge in [0.2, 0.25) is 0 Å². The van der Waals surface area contributed by atoms with Crippen LogP contribution in [-0.4, -0.2) is 23.0 Å². The van der Waals surface area contributed by atoms with Gasteiger partial charge in [0.05, 0.1) is 6.07 Å². The summed E-state index contributed by atoms with van der Waals surface area (Å²) in [4.78, 5) is 12.1. The third kappa shape index (κ3) is 3.98. The van der Waals surface area contributed by atoms with Crippen LogP contribution in [0.4, 0.5) is 13.2 Å². The van der Waals surface area contributed by atoms with Gasteiger partial charge in [-0.1, -0.05) is 44.2 Å². The number of hydrogen-bond acceptors (Lipinski definition) is 2. The minimum absolute atomic E-state index is 0.240. The molecule has 0 heterocycles. The normalized spacial score (nSPS) is 12.8. The Hall–Kier alpha value is -2.03. The van der Waals surface area contributed by atoms with Crippen LogP contribution in [0.15, 0.2) is 30.3 Å². The summed E-state index contributed by atoms with van der Waals surface area (Å²) >= 11 is 0. The quantitative estimate of drug-likeness (QED) is 0.852. The van der Waals surface area contributed by atoms with Crippen molar-refractivity contribution in [3.63, 3.8) is 0 Å². The molecule has 0 N–H and O–H groups in total. The van der Waals surface area contributed by atoms with E-state index in [2.05, 4.69) is 0 Å². The number of hydrogen-bond donors (Lipinski definition) is 0. The lowest BCUT2D eigenvalue weighted by Crippen LogP contribution is -2.48. The second-order valence-electron chi connectivity index (χ2n) is 4.73. The molecule has 20 heavy (non-hydrogen) atoms. The SMILES string of the molecule is CC(C)C(C#N)N(Cc1ccccc1)C(=O)C(F)(F)F. The number of carbonyl (C=O) groups is 1. The van der Waals surface area contributed by atoms with Crippen LogP contribution in [-0.2, 0) is 11.3 Å². The first kappa shape index (κ1) is 16.0. The van der Waals surface area contributed by atoms with Crippen molar-refractivity contribution in [3.05, 3.63) is 35.9 Å². The summed E-state index contributed by atoms with van der Waals surface area (Å²) in [7, 11) is 0. The van der Waals surface area contributed by atoms with Gasteiger partial charge >= 0.3 is 12.1 Å². The molecule has 0 radical (unpaired) electrons. The predicted molar refractivity (Wildman–Crippen MR) is 67.3 cm³/mol. The standard InChI is InChI=1S/C14H15F3N2O/c1-10(2)12(8-18)19(13(20)14(15,16)17)9-11-6-4-3-5-7-11/h3-7,10,12H,9H2,1-2H3. The van der Waals surface area contributed by atoms with E-state index in [1.54, 1.807) is 50.2 Å². The van der Waals surface area contributed by atoms with Gasteiger partial charge in [-0.05, 0) is 11.5 Å². The summed E-state index contributed by atoms with van der Waals surface area (Å²) in [5.41, 5.74) is 0.547. The molecule has 0 saturated heterocycles. The third-order valence-electron chi connectivity index (χ3n) is 2.80. The summed E-state index contributed by atoms with van der Waals surface area (Å²) < 4.78 is 38.0. The number of benzene rings is 1. The van der Waals surface area contributed by atoms with Crippen LogP contribution in [0, 0.1) is 17.2 Å². The summed E-state index contributed by atoms with van der Waals surface area (Å²) in [6.07, 6.45) is -4.99. The minimum atomic E-state index is -4.99. The van der Waals surface area contributed by atoms with E-state index in [0.29, 0.717) is 10.5 Å². The van der Waals surface area contributed by atoms with Crippen LogP contribution in [0.25, 0.3) is 0 Å². The summed E-state index contributed by atoms with van der Waals surface area (Å²) in [5.74, 6) is -2.38. The number of carbonyl (C=O) groups excluding carboxylic acids is 1. The summed E-state index contributed by atoms with van der Waals surface area (Å²) in [5, 5.41) is 9.05. The van der Waals surface area contributed by atoms with Crippen molar-refractivity contribution in [1.82, 2.24) is 4.90 Å². The van der Waals surface area contributed by atoms with E-state index < -0.39 is 24.0 Å². The molecule has 1 aromatic rings. The fourth-order valence-electron chi connectivity index (χ4n) is 1.82. The molecular formula is C14H15F3N2O. The zero-order chi connectivity index (χ0) is 15.3. The molecule has 1 rings (SSSR count). The molecule has 1 aromatic carbocycles. The van der Waals surface area contributed by atoms with E-state index in [4.69, 9.17) is 5.26 Å². The van der Waals surface area contributed by atoms with Crippen molar-refractivity contribution < 1.29 is 18.0 Å². The number of alkyl halides is 3. The average Bonchev–Trinajstić information content (AvgIpc) is 2.37. The molecule has 0 aliphatic carbocycles. The lowest BCUT2D eigenvalue weighted by molar-refractivity contribution is -0.188. The minimum Gasteiger partial charge on any atom is -0.314 e. The highest BCUT2D eigenvalue weighted by molar-refractivity contribution is 5.82. The van der Waals surface area contributed by atoms with Gasteiger partial charge in [-0.25, -0.2) is 0 Å². The molecule has 1 amide bonds. The van der Waals surface area contributed by atoms with Crippen LogP contribution in [0.5, 0.6) is 0 Å². The molecule has 3 nitrogen and oxygen atoms in total. The van der Waals surface area contributed by atoms with Crippen LogP contribution in [0.1, 0.15) is 19.4 Å². The highest BCUT2D eigenvalue weighted by Crippen LogP contribution is 2.24. The first-order chi connectivity index (χ1) is 9.27. The first-order valence-electron chi connectivity index (χ1n) is 6.08. The third-order valence-corrected chi connectivity index (χ3v) is 2.80. The van der Waals surface area contributed by atoms with E-state index in [-0.39, 0.29) is 6.54 Å². The van der Waals surface area contributed by atoms with Crippen molar-refractivity contribution in [3.8, 4) is 6.07 Å². The van der Waals surface area contributed by atoms with Gasteiger partial charge in [0.25, 0.3) is 0 Å². The maximum atomic E-state index is 12.7. The van der Waals surface area contributed by atoms with Crippen molar-refractivity contribution in [1.29, 1.82) is 5.26 Å². The fraction of sp³-hybridized carbons (Fsp3) is 0.429. The molecule has 1 atom stereocenters. The lowest BCUT2D eigenvalue weighted by Gasteiger charge is -2.30. The first-order valence-corrected chi connectivity index (χ1v) is 6.08. The van der Waals surface area contributed by atoms with Gasteiger partial charge in [-0.2, -0.15) is 18.4 Å². The van der Waals surface area contributed by atoms with Crippen LogP contribution in [0.3, 0.4) is 0 Å². The Morgan fingerprint density at radius 1 is 1.30 bits per heavy atom. The molecule has 0 aromatic heterocycles. The Morgan fingerprint density at radius 3 is 2.25 bits per heavy atom. The molecular weight excluding hydrogens is 269 g/mol. The Balaban J connectivity index is 3.08. The number of nitrogens with zero attached hydrogens (tertiary/aromatic N) is 2. The molecule has 6 heteroatoms. The maximum Gasteiger partial charge on any atom is 0.471 e. The van der Waals surface area contributed by atoms with E-state index >= 15 is 0 Å². The number of rotatable bonds is 4. The molecule has 108 valence electrons. The van der Waals surface area contributed by atoms with Crippen molar-refractivity contribution >= 4 is 5.91 Å². The van der Waals surface area contributed by atoms with Gasteiger partial charge in [-0.3, -0.25) is 4.79 Å². The number of amides is 1. The van der Waals surface area contributed by atoms with E-state index in [9.17, 15) is 18.0 Å². The van der Waals surface area contributed by atoms with Crippen LogP contribution in [0.2, 0.25) is 0 Å². The van der Waals surface area contributed by atoms with Gasteiger partial charge in [0, 0.05) is 6.54 Å². The Morgan fingerprint density at radius 2 is 1.85 bits per heavy atom. The Labute approximate surface area is 115 Å². The molecule has 0 bridgehead atoms. The molecule has 0 saturated carbocycles. The topological polar surface area (TPSA) is 44.1 Å². The van der Waals surface area contributed by atoms with Crippen molar-refractivity contribution in [2.45, 2.75) is 32.6 Å². The van der Waals surface area contributed by atoms with Crippen molar-refractivity contribution in [2.24, 2.45) is 5.92 Å². The fourth-order valence-corrected chi connectivity index (χ4v) is 1.82. The number of nitriles is 1. The highest BCUT2D eigenvalue weighted by Gasteiger charge is 2.45. The van der Waals surface area contributed by atoms with Crippen LogP contribution >= 0.6 is 0 Å². The predicted octanol–water partition coefficient (Wildman–Crippen LogP) is 3.13. The van der Waals surface area contributed by atoms with E-state index in [1.165, 1.54) is 0 Å². The summed E-state index contributed by atoms with van der Waals surface area (Å²) in [6.45, 7) is 2.97. The lowest BCUT2D eigenvalue weighted by atomic mass is 10.0. The second-order valence-corrected chi connectivity index (χ2v) is 4.73. The Bertz CT molecular complexity index is 491. The molecule has 0 aliphatic heterocycles.